The van der Waals surface area contributed by atoms with E-state index in [-0.39, 0.29) is 53.7 Å². The van der Waals surface area contributed by atoms with E-state index in [9.17, 15) is 79.0 Å². The van der Waals surface area contributed by atoms with Crippen LogP contribution in [-0.2, 0) is 37.1 Å². The fourth-order valence-corrected chi connectivity index (χ4v) is 10.7. The zero-order valence-electron chi connectivity index (χ0n) is 37.5. The molecule has 1 nitrogen and oxygen atoms in total. The molecule has 4 rings (SSSR count). The lowest BCUT2D eigenvalue weighted by Crippen LogP contribution is -3.12. The minimum atomic E-state index is -5.76. The monoisotopic (exact) mass is 1030 g/mol. The molecule has 0 bridgehead atoms. The van der Waals surface area contributed by atoms with Crippen molar-refractivity contribution in [2.24, 2.45) is 0 Å². The third-order valence-corrected chi connectivity index (χ3v) is 17.9. The van der Waals surface area contributed by atoms with E-state index in [2.05, 4.69) is 20.8 Å². The van der Waals surface area contributed by atoms with Crippen molar-refractivity contribution in [3.8, 4) is 0 Å². The van der Waals surface area contributed by atoms with E-state index in [1.807, 2.05) is 4.90 Å². The molecule has 0 atom stereocenters. The highest BCUT2D eigenvalue weighted by Crippen LogP contribution is 2.39. The number of halogens is 19. The minimum absolute atomic E-state index is 0.164. The first kappa shape index (κ1) is 58.5. The Labute approximate surface area is 388 Å². The average molecular weight is 1030 g/mol. The number of nitrogens with one attached hydrogen (secondary N) is 1. The van der Waals surface area contributed by atoms with Gasteiger partial charge in [-0.05, 0) is 54.7 Å². The Bertz CT molecular complexity index is 1940. The molecular weight excluding hydrogens is 983 g/mol. The largest absolute Gasteiger partial charge is 0.416 e. The molecule has 22 heteroatoms. The Kier molecular flexibility index (Phi) is 19.3. The van der Waals surface area contributed by atoms with Crippen LogP contribution in [0.4, 0.5) is 79.0 Å². The molecule has 0 aliphatic carbocycles. The van der Waals surface area contributed by atoms with E-state index in [1.54, 1.807) is 13.8 Å². The third kappa shape index (κ3) is 14.6. The number of rotatable bonds is 16. The first-order valence-corrected chi connectivity index (χ1v) is 25.2. The molecule has 68 heavy (non-hydrogen) atoms. The second kappa shape index (κ2) is 22.5. The molecule has 0 aliphatic rings. The Balaban J connectivity index is 0.000000819. The molecule has 4 aromatic rings. The summed E-state index contributed by atoms with van der Waals surface area (Å²) in [5, 5.41) is 0.257. The summed E-state index contributed by atoms with van der Waals surface area (Å²) in [5.41, 5.74) is -18.8. The van der Waals surface area contributed by atoms with Gasteiger partial charge in [0.05, 0.1) is 53.0 Å². The van der Waals surface area contributed by atoms with Crippen LogP contribution in [0, 0.1) is 0 Å². The van der Waals surface area contributed by atoms with Crippen LogP contribution in [0.3, 0.4) is 0 Å². The van der Waals surface area contributed by atoms with E-state index in [4.69, 9.17) is 11.1 Å². The Hall–Kier alpha value is -3.85. The van der Waals surface area contributed by atoms with E-state index in [1.165, 1.54) is 58.2 Å². The molecule has 0 fully saturated rings. The summed E-state index contributed by atoms with van der Waals surface area (Å²) in [6, 6.07) is 1.85. The van der Waals surface area contributed by atoms with Gasteiger partial charge >= 0.3 is 37.1 Å². The van der Waals surface area contributed by atoms with E-state index < -0.39 is 124 Å². The number of benzene rings is 4. The topological polar surface area (TPSA) is 4.44 Å². The van der Waals surface area contributed by atoms with Crippen LogP contribution in [0.25, 0.3) is 0 Å². The maximum Gasteiger partial charge on any atom is 0.416 e. The summed E-state index contributed by atoms with van der Waals surface area (Å²) < 4.78 is 258. The van der Waals surface area contributed by atoms with Crippen molar-refractivity contribution in [3.05, 3.63) is 112 Å². The van der Waals surface area contributed by atoms with Crippen molar-refractivity contribution in [2.75, 3.05) is 19.6 Å². The average Bonchev–Trinajstić information content (AvgIpc) is 3.24. The smallest absolute Gasteiger partial charge is 0.335 e. The zero-order valence-corrected chi connectivity index (χ0v) is 39.3. The number of alkyl halides is 18. The molecule has 0 spiro atoms. The van der Waals surface area contributed by atoms with Crippen LogP contribution in [-0.4, -0.2) is 33.2 Å². The van der Waals surface area contributed by atoms with E-state index in [0.717, 1.165) is 24.3 Å². The fourth-order valence-electron chi connectivity index (χ4n) is 8.23. The van der Waals surface area contributed by atoms with E-state index >= 15 is 0 Å². The molecule has 0 radical (unpaired) electrons. The van der Waals surface area contributed by atoms with Crippen molar-refractivity contribution in [3.63, 3.8) is 0 Å². The molecule has 0 saturated heterocycles. The summed E-state index contributed by atoms with van der Waals surface area (Å²) in [5.74, 6) is 0. The maximum absolute atomic E-state index is 14.3. The molecule has 0 aromatic heterocycles. The van der Waals surface area contributed by atoms with Gasteiger partial charge in [0, 0.05) is 0 Å². The second-order valence-corrected chi connectivity index (χ2v) is 22.8. The normalized spacial score (nSPS) is 13.5. The second-order valence-electron chi connectivity index (χ2n) is 16.7. The minimum Gasteiger partial charge on any atom is -0.335 e. The van der Waals surface area contributed by atoms with Gasteiger partial charge in [-0.1, -0.05) is 115 Å². The third-order valence-electron chi connectivity index (χ3n) is 12.0. The number of hydrogen-bond donors (Lipinski definition) is 1. The Morgan fingerprint density at radius 3 is 0.809 bits per heavy atom. The summed E-state index contributed by atoms with van der Waals surface area (Å²) in [6.45, 7) is 14.3. The van der Waals surface area contributed by atoms with Crippen molar-refractivity contribution in [2.45, 2.75) is 122 Å². The van der Waals surface area contributed by atoms with Crippen LogP contribution in [0.2, 0.25) is 12.1 Å². The Morgan fingerprint density at radius 2 is 0.618 bits per heavy atom. The Morgan fingerprint density at radius 1 is 0.382 bits per heavy atom. The highest BCUT2D eigenvalue weighted by Gasteiger charge is 2.45. The lowest BCUT2D eigenvalue weighted by Gasteiger charge is -2.46. The molecule has 0 aliphatic heterocycles. The SMILES string of the molecule is CCCC[NH+](CCCC)CCCC.CC[Si](Cl)(CC)c1ccc([B-](c2cc(C(F)(F)F)cc(C(F)(F)F)c2)(c2cc(C(F)(F)F)cc(C(F)(F)F)c2)c2cc(C(F)(F)F)cc(C(F)(F)F)c2)cc1. The highest BCUT2D eigenvalue weighted by molar-refractivity contribution is 7.27. The van der Waals surface area contributed by atoms with Crippen LogP contribution in [0.1, 0.15) is 107 Å². The molecule has 380 valence electrons. The van der Waals surface area contributed by atoms with Gasteiger partial charge in [0.15, 0.2) is 7.38 Å². The van der Waals surface area contributed by atoms with Gasteiger partial charge in [-0.25, -0.2) is 0 Å². The summed E-state index contributed by atoms with van der Waals surface area (Å²) in [7, 11) is -3.01. The van der Waals surface area contributed by atoms with Gasteiger partial charge in [-0.15, -0.1) is 0 Å². The van der Waals surface area contributed by atoms with Gasteiger partial charge in [0.1, 0.15) is 6.15 Å². The number of hydrogen-bond acceptors (Lipinski definition) is 0. The number of quaternary nitrogens is 1. The van der Waals surface area contributed by atoms with E-state index in [0.29, 0.717) is 0 Å². The fraction of sp³-hybridized carbons (Fsp3) is 0.478. The van der Waals surface area contributed by atoms with Crippen LogP contribution in [0.15, 0.2) is 78.9 Å². The predicted molar refractivity (Wildman–Crippen MR) is 233 cm³/mol. The van der Waals surface area contributed by atoms with Gasteiger partial charge in [-0.2, -0.15) is 112 Å². The first-order chi connectivity index (χ1) is 31.1. The van der Waals surface area contributed by atoms with Gasteiger partial charge < -0.3 is 4.90 Å². The molecule has 0 heterocycles. The number of unbranched alkanes of at least 4 members (excludes halogenated alkanes) is 3. The molecular formula is C46H51BClF18NSi. The standard InChI is InChI=1S/C34H23BClF18Si.C12H27N/c1-3-55(36,4-2)28-7-5-24(6-8-28)35(25-12-18(29(37,38)39)9-19(13-25)30(40,41)42,26-14-20(31(43,44)45)10-21(15-26)32(46,47)48)27-16-22(33(49,50)51)11-23(17-27)34(52,53)54;1-4-7-10-13(11-8-5-2)12-9-6-3/h5-17H,3-4H2,1-2H3;4-12H2,1-3H3/q-1;/p+1. The van der Waals surface area contributed by atoms with Gasteiger partial charge in [0.25, 0.3) is 0 Å². The van der Waals surface area contributed by atoms with Gasteiger partial charge in [0.2, 0.25) is 0 Å². The zero-order chi connectivity index (χ0) is 51.9. The molecule has 1 N–H and O–H groups in total. The summed E-state index contributed by atoms with van der Waals surface area (Å²) >= 11 is 6.77. The van der Waals surface area contributed by atoms with Crippen LogP contribution >= 0.6 is 11.1 Å². The molecule has 4 aromatic carbocycles. The van der Waals surface area contributed by atoms with Crippen molar-refractivity contribution in [1.82, 2.24) is 0 Å². The first-order valence-electron chi connectivity index (χ1n) is 21.8. The quantitative estimate of drug-likeness (QED) is 0.0648. The lowest BCUT2D eigenvalue weighted by atomic mass is 9.12. The van der Waals surface area contributed by atoms with Crippen LogP contribution in [0.5, 0.6) is 0 Å². The maximum atomic E-state index is 14.3. The summed E-state index contributed by atoms with van der Waals surface area (Å²) in [6.07, 6.45) is -31.0. The predicted octanol–water partition coefficient (Wildman–Crippen LogP) is 12.9. The highest BCUT2D eigenvalue weighted by atomic mass is 35.6. The molecule has 0 amide bonds. The lowest BCUT2D eigenvalue weighted by molar-refractivity contribution is -0.900. The molecule has 0 saturated carbocycles. The molecule has 0 unspecified atom stereocenters. The van der Waals surface area contributed by atoms with Crippen molar-refractivity contribution >= 4 is 51.6 Å². The van der Waals surface area contributed by atoms with Crippen molar-refractivity contribution in [1.29, 1.82) is 0 Å². The van der Waals surface area contributed by atoms with Gasteiger partial charge in [-0.3, -0.25) is 0 Å². The summed E-state index contributed by atoms with van der Waals surface area (Å²) in [4.78, 5) is 1.84. The van der Waals surface area contributed by atoms with Crippen LogP contribution < -0.4 is 31.9 Å². The van der Waals surface area contributed by atoms with Crippen molar-refractivity contribution < 1.29 is 83.9 Å².